The fourth-order valence-corrected chi connectivity index (χ4v) is 5.35. The van der Waals surface area contributed by atoms with Gasteiger partial charge in [-0.25, -0.2) is 4.98 Å². The van der Waals surface area contributed by atoms with E-state index in [-0.39, 0.29) is 23.1 Å². The largest absolute Gasteiger partial charge is 0.344 e. The average Bonchev–Trinajstić information content (AvgIpc) is 3.21. The summed E-state index contributed by atoms with van der Waals surface area (Å²) in [6.07, 6.45) is 0. The molecule has 2 heterocycles. The zero-order valence-electron chi connectivity index (χ0n) is 22.0. The van der Waals surface area contributed by atoms with Crippen molar-refractivity contribution in [2.45, 2.75) is 45.8 Å². The van der Waals surface area contributed by atoms with Crippen molar-refractivity contribution in [2.75, 3.05) is 6.54 Å². The van der Waals surface area contributed by atoms with Crippen molar-refractivity contribution >= 4 is 28.3 Å². The van der Waals surface area contributed by atoms with Gasteiger partial charge < -0.3 is 4.90 Å². The van der Waals surface area contributed by atoms with Gasteiger partial charge in [0.15, 0.2) is 0 Å². The molecule has 0 N–H and O–H groups in total. The molecule has 1 aromatic heterocycles. The van der Waals surface area contributed by atoms with E-state index in [4.69, 9.17) is 21.6 Å². The Hall–Kier alpha value is -3.95. The molecule has 1 atom stereocenters. The Morgan fingerprint density at radius 1 is 1.05 bits per heavy atom. The first-order valence-corrected chi connectivity index (χ1v) is 13.2. The van der Waals surface area contributed by atoms with Crippen molar-refractivity contribution in [2.24, 2.45) is 10.9 Å². The molecule has 1 aliphatic rings. The molecule has 0 saturated heterocycles. The Morgan fingerprint density at radius 2 is 1.76 bits per heavy atom. The lowest BCUT2D eigenvalue weighted by Crippen LogP contribution is -2.42. The van der Waals surface area contributed by atoms with Gasteiger partial charge in [-0.05, 0) is 67.8 Å². The molecule has 0 saturated carbocycles. The number of hydrogen-bond donors (Lipinski definition) is 0. The fraction of sp³-hybridized carbons (Fsp3) is 0.290. The van der Waals surface area contributed by atoms with Gasteiger partial charge in [-0.3, -0.25) is 14.4 Å². The van der Waals surface area contributed by atoms with Crippen LogP contribution in [0, 0.1) is 17.2 Å². The van der Waals surface area contributed by atoms with E-state index in [1.165, 1.54) is 0 Å². The first-order valence-electron chi connectivity index (χ1n) is 12.8. The predicted molar refractivity (Wildman–Crippen MR) is 153 cm³/mol. The normalized spacial score (nSPS) is 15.5. The standard InChI is InChI=1S/C31H30ClN5O/c1-20(2)27(37-19-31(3,4)35-28(37)23-12-10-21(17-33)11-13-23)29-34-26-16-24(32)14-15-25(26)30(38)36(29)18-22-8-6-5-7-9-22/h5-16,20,27H,18-19H2,1-4H3. The van der Waals surface area contributed by atoms with Crippen LogP contribution in [0.1, 0.15) is 56.3 Å². The topological polar surface area (TPSA) is 74.3 Å². The van der Waals surface area contributed by atoms with E-state index in [0.717, 1.165) is 17.0 Å². The van der Waals surface area contributed by atoms with E-state index in [9.17, 15) is 10.1 Å². The van der Waals surface area contributed by atoms with Gasteiger partial charge in [-0.2, -0.15) is 5.26 Å². The maximum absolute atomic E-state index is 14.0. The lowest BCUT2D eigenvalue weighted by molar-refractivity contribution is 0.225. The summed E-state index contributed by atoms with van der Waals surface area (Å²) in [5, 5.41) is 10.4. The highest BCUT2D eigenvalue weighted by atomic mass is 35.5. The van der Waals surface area contributed by atoms with Crippen LogP contribution < -0.4 is 5.56 Å². The van der Waals surface area contributed by atoms with Crippen molar-refractivity contribution in [3.05, 3.63) is 111 Å². The fourth-order valence-electron chi connectivity index (χ4n) is 5.19. The minimum absolute atomic E-state index is 0.0912. The Labute approximate surface area is 227 Å². The van der Waals surface area contributed by atoms with Gasteiger partial charge in [0, 0.05) is 17.1 Å². The van der Waals surface area contributed by atoms with Crippen molar-refractivity contribution in [1.29, 1.82) is 5.26 Å². The third-order valence-electron chi connectivity index (χ3n) is 6.87. The van der Waals surface area contributed by atoms with Gasteiger partial charge in [0.2, 0.25) is 0 Å². The highest BCUT2D eigenvalue weighted by molar-refractivity contribution is 6.31. The van der Waals surface area contributed by atoms with Crippen LogP contribution in [-0.4, -0.2) is 32.4 Å². The summed E-state index contributed by atoms with van der Waals surface area (Å²) in [6, 6.07) is 24.7. The summed E-state index contributed by atoms with van der Waals surface area (Å²) in [5.74, 6) is 1.63. The number of rotatable bonds is 6. The summed E-state index contributed by atoms with van der Waals surface area (Å²) in [7, 11) is 0. The minimum atomic E-state index is -0.332. The average molecular weight is 524 g/mol. The lowest BCUT2D eigenvalue weighted by atomic mass is 9.98. The molecule has 1 aliphatic heterocycles. The van der Waals surface area contributed by atoms with Crippen LogP contribution in [0.5, 0.6) is 0 Å². The van der Waals surface area contributed by atoms with E-state index < -0.39 is 0 Å². The third-order valence-corrected chi connectivity index (χ3v) is 7.11. The Balaban J connectivity index is 1.71. The molecular formula is C31H30ClN5O. The second kappa shape index (κ2) is 10.1. The quantitative estimate of drug-likeness (QED) is 0.301. The molecule has 0 radical (unpaired) electrons. The zero-order chi connectivity index (χ0) is 27.0. The minimum Gasteiger partial charge on any atom is -0.344 e. The number of amidine groups is 1. The molecule has 1 unspecified atom stereocenters. The second-order valence-corrected chi connectivity index (χ2v) is 11.2. The number of hydrogen-bond acceptors (Lipinski definition) is 5. The summed E-state index contributed by atoms with van der Waals surface area (Å²) in [4.78, 5) is 26.4. The Morgan fingerprint density at radius 3 is 2.42 bits per heavy atom. The molecule has 0 spiro atoms. The van der Waals surface area contributed by atoms with Crippen LogP contribution in [0.3, 0.4) is 0 Å². The van der Waals surface area contributed by atoms with E-state index in [1.807, 2.05) is 54.6 Å². The first kappa shape index (κ1) is 25.7. The van der Waals surface area contributed by atoms with E-state index in [2.05, 4.69) is 38.7 Å². The molecule has 192 valence electrons. The molecular weight excluding hydrogens is 494 g/mol. The molecule has 0 bridgehead atoms. The molecule has 0 aliphatic carbocycles. The molecule has 0 fully saturated rings. The lowest BCUT2D eigenvalue weighted by Gasteiger charge is -2.35. The number of nitrogens with zero attached hydrogens (tertiary/aromatic N) is 5. The summed E-state index contributed by atoms with van der Waals surface area (Å²) in [6.45, 7) is 9.59. The number of nitriles is 1. The Kier molecular flexibility index (Phi) is 6.81. The molecule has 0 amide bonds. The third kappa shape index (κ3) is 4.94. The van der Waals surface area contributed by atoms with Crippen LogP contribution in [-0.2, 0) is 6.54 Å². The van der Waals surface area contributed by atoms with Gasteiger partial charge in [0.25, 0.3) is 5.56 Å². The molecule has 3 aromatic carbocycles. The van der Waals surface area contributed by atoms with Gasteiger partial charge in [-0.1, -0.05) is 55.8 Å². The van der Waals surface area contributed by atoms with Gasteiger partial charge in [0.1, 0.15) is 11.7 Å². The van der Waals surface area contributed by atoms with Crippen LogP contribution in [0.15, 0.2) is 82.6 Å². The maximum atomic E-state index is 14.0. The van der Waals surface area contributed by atoms with Crippen LogP contribution in [0.4, 0.5) is 0 Å². The van der Waals surface area contributed by atoms with E-state index in [1.54, 1.807) is 22.8 Å². The SMILES string of the molecule is CC(C)C(c1nc2cc(Cl)ccc2c(=O)n1Cc1ccccc1)N1CC(C)(C)N=C1c1ccc(C#N)cc1. The number of aromatic nitrogens is 2. The van der Waals surface area contributed by atoms with E-state index >= 15 is 0 Å². The molecule has 5 rings (SSSR count). The maximum Gasteiger partial charge on any atom is 0.261 e. The Bertz CT molecular complexity index is 1610. The molecule has 6 nitrogen and oxygen atoms in total. The first-order chi connectivity index (χ1) is 18.2. The second-order valence-electron chi connectivity index (χ2n) is 10.8. The smallest absolute Gasteiger partial charge is 0.261 e. The summed E-state index contributed by atoms with van der Waals surface area (Å²) >= 11 is 6.33. The summed E-state index contributed by atoms with van der Waals surface area (Å²) < 4.78 is 1.80. The number of fused-ring (bicyclic) bond motifs is 1. The molecule has 38 heavy (non-hydrogen) atoms. The molecule has 4 aromatic rings. The highest BCUT2D eigenvalue weighted by Crippen LogP contribution is 2.36. The van der Waals surface area contributed by atoms with Crippen molar-refractivity contribution in [3.8, 4) is 6.07 Å². The monoisotopic (exact) mass is 523 g/mol. The zero-order valence-corrected chi connectivity index (χ0v) is 22.8. The van der Waals surface area contributed by atoms with Crippen molar-refractivity contribution in [1.82, 2.24) is 14.5 Å². The predicted octanol–water partition coefficient (Wildman–Crippen LogP) is 6.21. The van der Waals surface area contributed by atoms with Crippen LogP contribution >= 0.6 is 11.6 Å². The van der Waals surface area contributed by atoms with Gasteiger partial charge in [-0.15, -0.1) is 0 Å². The molecule has 7 heteroatoms. The number of benzene rings is 3. The van der Waals surface area contributed by atoms with Crippen LogP contribution in [0.2, 0.25) is 5.02 Å². The number of halogens is 1. The van der Waals surface area contributed by atoms with E-state index in [0.29, 0.717) is 40.4 Å². The van der Waals surface area contributed by atoms with Gasteiger partial charge in [0.05, 0.1) is 40.7 Å². The highest BCUT2D eigenvalue weighted by Gasteiger charge is 2.39. The summed E-state index contributed by atoms with van der Waals surface area (Å²) in [5.41, 5.74) is 2.72. The van der Waals surface area contributed by atoms with Crippen LogP contribution in [0.25, 0.3) is 10.9 Å². The van der Waals surface area contributed by atoms with Crippen molar-refractivity contribution in [3.63, 3.8) is 0 Å². The van der Waals surface area contributed by atoms with Crippen molar-refractivity contribution < 1.29 is 0 Å². The van der Waals surface area contributed by atoms with Gasteiger partial charge >= 0.3 is 0 Å². The number of aliphatic imine (C=N–C) groups is 1.